The smallest absolute Gasteiger partial charge is 0.306 e. The number of nitrogens with zero attached hydrogens (tertiary/aromatic N) is 1. The van der Waals surface area contributed by atoms with Crippen LogP contribution in [0.15, 0.2) is 0 Å². The molecule has 1 fully saturated rings. The van der Waals surface area contributed by atoms with Gasteiger partial charge in [0.2, 0.25) is 0 Å². The molecule has 4 heteroatoms. The SMILES string of the molecule is CSCCCC(=O)OC1CCN(C)CC1. The maximum Gasteiger partial charge on any atom is 0.306 e. The summed E-state index contributed by atoms with van der Waals surface area (Å²) in [4.78, 5) is 13.7. The summed E-state index contributed by atoms with van der Waals surface area (Å²) >= 11 is 1.78. The van der Waals surface area contributed by atoms with Gasteiger partial charge in [0.15, 0.2) is 0 Å². The minimum absolute atomic E-state index is 0.0152. The summed E-state index contributed by atoms with van der Waals surface area (Å²) in [6.07, 6.45) is 5.72. The third-order valence-corrected chi connectivity index (χ3v) is 3.39. The van der Waals surface area contributed by atoms with Crippen molar-refractivity contribution in [3.8, 4) is 0 Å². The summed E-state index contributed by atoms with van der Waals surface area (Å²) in [7, 11) is 2.11. The van der Waals surface area contributed by atoms with Gasteiger partial charge in [-0.25, -0.2) is 0 Å². The third-order valence-electron chi connectivity index (χ3n) is 2.69. The lowest BCUT2D eigenvalue weighted by atomic mass is 10.1. The van der Waals surface area contributed by atoms with E-state index in [4.69, 9.17) is 4.74 Å². The molecule has 0 N–H and O–H groups in total. The monoisotopic (exact) mass is 231 g/mol. The van der Waals surface area contributed by atoms with Crippen molar-refractivity contribution >= 4 is 17.7 Å². The van der Waals surface area contributed by atoms with Crippen molar-refractivity contribution < 1.29 is 9.53 Å². The van der Waals surface area contributed by atoms with Gasteiger partial charge in [0.25, 0.3) is 0 Å². The molecule has 1 heterocycles. The minimum Gasteiger partial charge on any atom is -0.462 e. The second-order valence-electron chi connectivity index (χ2n) is 4.09. The highest BCUT2D eigenvalue weighted by molar-refractivity contribution is 7.98. The molecule has 0 radical (unpaired) electrons. The maximum atomic E-state index is 11.4. The molecule has 0 atom stereocenters. The van der Waals surface area contributed by atoms with Crippen LogP contribution in [0.5, 0.6) is 0 Å². The maximum absolute atomic E-state index is 11.4. The van der Waals surface area contributed by atoms with Crippen molar-refractivity contribution in [1.29, 1.82) is 0 Å². The van der Waals surface area contributed by atoms with Crippen LogP contribution in [0, 0.1) is 0 Å². The fourth-order valence-electron chi connectivity index (χ4n) is 1.71. The molecule has 0 unspecified atom stereocenters. The van der Waals surface area contributed by atoms with E-state index in [0.717, 1.165) is 38.1 Å². The zero-order chi connectivity index (χ0) is 11.1. The lowest BCUT2D eigenvalue weighted by molar-refractivity contribution is -0.151. The Morgan fingerprint density at radius 2 is 2.13 bits per heavy atom. The van der Waals surface area contributed by atoms with E-state index in [9.17, 15) is 4.79 Å². The highest BCUT2D eigenvalue weighted by atomic mass is 32.2. The first-order chi connectivity index (χ1) is 7.22. The van der Waals surface area contributed by atoms with Crippen LogP contribution in [-0.4, -0.2) is 49.1 Å². The highest BCUT2D eigenvalue weighted by Gasteiger charge is 2.19. The van der Waals surface area contributed by atoms with Crippen LogP contribution in [0.25, 0.3) is 0 Å². The van der Waals surface area contributed by atoms with Gasteiger partial charge in [0, 0.05) is 19.5 Å². The Morgan fingerprint density at radius 1 is 1.47 bits per heavy atom. The lowest BCUT2D eigenvalue weighted by Gasteiger charge is -2.28. The molecular formula is C11H21NO2S. The molecule has 0 aromatic rings. The molecule has 0 bridgehead atoms. The van der Waals surface area contributed by atoms with Gasteiger partial charge in [-0.05, 0) is 38.3 Å². The summed E-state index contributed by atoms with van der Waals surface area (Å²) in [5.41, 5.74) is 0. The van der Waals surface area contributed by atoms with Crippen LogP contribution in [-0.2, 0) is 9.53 Å². The minimum atomic E-state index is -0.0152. The Hall–Kier alpha value is -0.220. The normalized spacial score (nSPS) is 19.1. The number of thioether (sulfide) groups is 1. The van der Waals surface area contributed by atoms with Crippen LogP contribution in [0.4, 0.5) is 0 Å². The van der Waals surface area contributed by atoms with Crippen molar-refractivity contribution in [3.05, 3.63) is 0 Å². The van der Waals surface area contributed by atoms with Crippen LogP contribution in [0.3, 0.4) is 0 Å². The van der Waals surface area contributed by atoms with Gasteiger partial charge in [0.1, 0.15) is 6.10 Å². The number of piperidine rings is 1. The molecular weight excluding hydrogens is 210 g/mol. The molecule has 0 aromatic heterocycles. The van der Waals surface area contributed by atoms with Crippen LogP contribution in [0.1, 0.15) is 25.7 Å². The van der Waals surface area contributed by atoms with Crippen LogP contribution >= 0.6 is 11.8 Å². The van der Waals surface area contributed by atoms with E-state index in [2.05, 4.69) is 18.2 Å². The standard InChI is InChI=1S/C11H21NO2S/c1-12-7-5-10(6-8-12)14-11(13)4-3-9-15-2/h10H,3-9H2,1-2H3. The van der Waals surface area contributed by atoms with E-state index in [-0.39, 0.29) is 12.1 Å². The fourth-order valence-corrected chi connectivity index (χ4v) is 2.14. The largest absolute Gasteiger partial charge is 0.462 e. The van der Waals surface area contributed by atoms with Gasteiger partial charge >= 0.3 is 5.97 Å². The summed E-state index contributed by atoms with van der Waals surface area (Å²) in [5, 5.41) is 0. The quantitative estimate of drug-likeness (QED) is 0.533. The van der Waals surface area contributed by atoms with E-state index in [0.29, 0.717) is 6.42 Å². The molecule has 1 rings (SSSR count). The van der Waals surface area contributed by atoms with Crippen LogP contribution in [0.2, 0.25) is 0 Å². The van der Waals surface area contributed by atoms with Gasteiger partial charge in [-0.2, -0.15) is 11.8 Å². The topological polar surface area (TPSA) is 29.5 Å². The molecule has 1 saturated heterocycles. The number of carbonyl (C=O) groups is 1. The Bertz CT molecular complexity index is 191. The highest BCUT2D eigenvalue weighted by Crippen LogP contribution is 2.13. The first kappa shape index (κ1) is 12.8. The van der Waals surface area contributed by atoms with Gasteiger partial charge in [-0.15, -0.1) is 0 Å². The zero-order valence-electron chi connectivity index (χ0n) is 9.70. The predicted octanol–water partition coefficient (Wildman–Crippen LogP) is 1.77. The number of carbonyl (C=O) groups excluding carboxylic acids is 1. The van der Waals surface area contributed by atoms with E-state index in [1.807, 2.05) is 0 Å². The molecule has 1 aliphatic rings. The molecule has 0 amide bonds. The number of esters is 1. The first-order valence-corrected chi connectivity index (χ1v) is 6.98. The van der Waals surface area contributed by atoms with E-state index < -0.39 is 0 Å². The van der Waals surface area contributed by atoms with Gasteiger partial charge in [0.05, 0.1) is 0 Å². The Balaban J connectivity index is 2.09. The molecule has 15 heavy (non-hydrogen) atoms. The molecule has 3 nitrogen and oxygen atoms in total. The number of hydrogen-bond acceptors (Lipinski definition) is 4. The van der Waals surface area contributed by atoms with Gasteiger partial charge in [-0.3, -0.25) is 4.79 Å². The average molecular weight is 231 g/mol. The van der Waals surface area contributed by atoms with Crippen LogP contribution < -0.4 is 0 Å². The summed E-state index contributed by atoms with van der Waals surface area (Å²) in [5.74, 6) is 1.03. The Labute approximate surface area is 96.5 Å². The molecule has 0 aliphatic carbocycles. The summed E-state index contributed by atoms with van der Waals surface area (Å²) < 4.78 is 5.41. The number of likely N-dealkylation sites (tertiary alicyclic amines) is 1. The van der Waals surface area contributed by atoms with E-state index >= 15 is 0 Å². The van der Waals surface area contributed by atoms with Crippen molar-refractivity contribution in [3.63, 3.8) is 0 Å². The molecule has 1 aliphatic heterocycles. The van der Waals surface area contributed by atoms with Gasteiger partial charge < -0.3 is 9.64 Å². The van der Waals surface area contributed by atoms with E-state index in [1.165, 1.54) is 0 Å². The second-order valence-corrected chi connectivity index (χ2v) is 5.07. The van der Waals surface area contributed by atoms with Crippen molar-refractivity contribution in [2.45, 2.75) is 31.8 Å². The number of hydrogen-bond donors (Lipinski definition) is 0. The van der Waals surface area contributed by atoms with Crippen molar-refractivity contribution in [2.24, 2.45) is 0 Å². The molecule has 88 valence electrons. The Morgan fingerprint density at radius 3 is 2.73 bits per heavy atom. The average Bonchev–Trinajstić information content (AvgIpc) is 2.22. The number of ether oxygens (including phenoxy) is 1. The molecule has 0 aromatic carbocycles. The molecule has 0 saturated carbocycles. The Kier molecular flexibility index (Phi) is 6.10. The van der Waals surface area contributed by atoms with Crippen molar-refractivity contribution in [2.75, 3.05) is 32.1 Å². The van der Waals surface area contributed by atoms with Gasteiger partial charge in [-0.1, -0.05) is 0 Å². The third kappa shape index (κ3) is 5.42. The fraction of sp³-hybridized carbons (Fsp3) is 0.909. The second kappa shape index (κ2) is 7.12. The first-order valence-electron chi connectivity index (χ1n) is 5.59. The van der Waals surface area contributed by atoms with Crippen molar-refractivity contribution in [1.82, 2.24) is 4.90 Å². The summed E-state index contributed by atoms with van der Waals surface area (Å²) in [6.45, 7) is 2.09. The number of rotatable bonds is 5. The lowest BCUT2D eigenvalue weighted by Crippen LogP contribution is -2.35. The zero-order valence-corrected chi connectivity index (χ0v) is 10.5. The molecule has 0 spiro atoms. The predicted molar refractivity (Wildman–Crippen MR) is 64.2 cm³/mol. The van der Waals surface area contributed by atoms with E-state index in [1.54, 1.807) is 11.8 Å². The summed E-state index contributed by atoms with van der Waals surface area (Å²) in [6, 6.07) is 0.